The molecule has 2 aromatic rings. The minimum atomic E-state index is -0.0163. The van der Waals surface area contributed by atoms with Gasteiger partial charge in [-0.2, -0.15) is 16.4 Å². The summed E-state index contributed by atoms with van der Waals surface area (Å²) in [5.41, 5.74) is 6.19. The van der Waals surface area contributed by atoms with Crippen LogP contribution in [0.4, 0.5) is 0 Å². The largest absolute Gasteiger partial charge is 0.275 e. The van der Waals surface area contributed by atoms with Crippen LogP contribution in [0.3, 0.4) is 0 Å². The van der Waals surface area contributed by atoms with Crippen LogP contribution in [-0.2, 0) is 7.05 Å². The molecule has 0 radical (unpaired) electrons. The van der Waals surface area contributed by atoms with Crippen LogP contribution >= 0.6 is 11.3 Å². The van der Waals surface area contributed by atoms with Crippen molar-refractivity contribution in [2.45, 2.75) is 13.0 Å². The van der Waals surface area contributed by atoms with Crippen molar-refractivity contribution in [2.75, 3.05) is 0 Å². The van der Waals surface area contributed by atoms with Crippen LogP contribution in [0.1, 0.15) is 22.9 Å². The lowest BCUT2D eigenvalue weighted by atomic mass is 10.0. The zero-order valence-corrected chi connectivity index (χ0v) is 9.58. The Balaban J connectivity index is 2.36. The van der Waals surface area contributed by atoms with Gasteiger partial charge in [-0.3, -0.25) is 10.5 Å². The molecule has 0 bridgehead atoms. The smallest absolute Gasteiger partial charge is 0.0910 e. The number of hydrazine groups is 1. The summed E-state index contributed by atoms with van der Waals surface area (Å²) in [6, 6.07) is 1.96. The van der Waals surface area contributed by atoms with E-state index < -0.39 is 0 Å². The zero-order chi connectivity index (χ0) is 10.8. The summed E-state index contributed by atoms with van der Waals surface area (Å²) in [5, 5.41) is 8.58. The highest BCUT2D eigenvalue weighted by molar-refractivity contribution is 7.08. The molecule has 2 heterocycles. The Bertz CT molecular complexity index is 446. The van der Waals surface area contributed by atoms with Crippen LogP contribution in [0.25, 0.3) is 0 Å². The SMILES string of the molecule is Cc1cscc1C(NN)c1ccn(C)n1. The van der Waals surface area contributed by atoms with E-state index in [-0.39, 0.29) is 6.04 Å². The molecule has 0 saturated heterocycles. The average Bonchev–Trinajstić information content (AvgIpc) is 2.79. The molecule has 0 aliphatic heterocycles. The van der Waals surface area contributed by atoms with Gasteiger partial charge < -0.3 is 0 Å². The van der Waals surface area contributed by atoms with Gasteiger partial charge in [0.05, 0.1) is 11.7 Å². The highest BCUT2D eigenvalue weighted by Crippen LogP contribution is 2.25. The molecule has 0 fully saturated rings. The minimum absolute atomic E-state index is 0.0163. The molecule has 1 atom stereocenters. The summed E-state index contributed by atoms with van der Waals surface area (Å²) in [4.78, 5) is 0. The Kier molecular flexibility index (Phi) is 2.86. The first-order valence-corrected chi connectivity index (χ1v) is 5.65. The molecule has 2 rings (SSSR count). The number of nitrogens with two attached hydrogens (primary N) is 1. The van der Waals surface area contributed by atoms with E-state index in [1.807, 2.05) is 19.3 Å². The second-order valence-corrected chi connectivity index (χ2v) is 4.27. The molecular formula is C10H14N4S. The number of aryl methyl sites for hydroxylation is 2. The lowest BCUT2D eigenvalue weighted by Gasteiger charge is -2.13. The Labute approximate surface area is 92.7 Å². The Morgan fingerprint density at radius 3 is 2.80 bits per heavy atom. The fourth-order valence-electron chi connectivity index (χ4n) is 1.59. The van der Waals surface area contributed by atoms with E-state index in [1.165, 1.54) is 11.1 Å². The van der Waals surface area contributed by atoms with Crippen LogP contribution in [0, 0.1) is 6.92 Å². The Morgan fingerprint density at radius 2 is 2.33 bits per heavy atom. The number of hydrogen-bond acceptors (Lipinski definition) is 4. The van der Waals surface area contributed by atoms with E-state index >= 15 is 0 Å². The third-order valence-electron chi connectivity index (χ3n) is 2.40. The number of nitrogens with zero attached hydrogens (tertiary/aromatic N) is 2. The summed E-state index contributed by atoms with van der Waals surface area (Å²) >= 11 is 1.68. The van der Waals surface area contributed by atoms with E-state index in [1.54, 1.807) is 16.0 Å². The van der Waals surface area contributed by atoms with E-state index in [9.17, 15) is 0 Å². The van der Waals surface area contributed by atoms with Gasteiger partial charge in [-0.25, -0.2) is 5.43 Å². The summed E-state index contributed by atoms with van der Waals surface area (Å²) in [7, 11) is 1.90. The predicted molar refractivity (Wildman–Crippen MR) is 61.4 cm³/mol. The van der Waals surface area contributed by atoms with Gasteiger partial charge in [0.25, 0.3) is 0 Å². The topological polar surface area (TPSA) is 55.9 Å². The van der Waals surface area contributed by atoms with Gasteiger partial charge in [-0.15, -0.1) is 0 Å². The van der Waals surface area contributed by atoms with Crippen molar-refractivity contribution in [2.24, 2.45) is 12.9 Å². The maximum absolute atomic E-state index is 5.58. The van der Waals surface area contributed by atoms with Crippen molar-refractivity contribution in [3.63, 3.8) is 0 Å². The van der Waals surface area contributed by atoms with Crippen molar-refractivity contribution in [3.8, 4) is 0 Å². The molecule has 0 aliphatic carbocycles. The molecule has 5 heteroatoms. The van der Waals surface area contributed by atoms with Crippen LogP contribution < -0.4 is 11.3 Å². The predicted octanol–water partition coefficient (Wildman–Crippen LogP) is 1.34. The molecule has 0 amide bonds. The van der Waals surface area contributed by atoms with E-state index in [4.69, 9.17) is 5.84 Å². The second-order valence-electron chi connectivity index (χ2n) is 3.52. The Morgan fingerprint density at radius 1 is 1.53 bits per heavy atom. The molecule has 3 N–H and O–H groups in total. The van der Waals surface area contributed by atoms with Crippen molar-refractivity contribution < 1.29 is 0 Å². The molecular weight excluding hydrogens is 208 g/mol. The van der Waals surface area contributed by atoms with Crippen molar-refractivity contribution >= 4 is 11.3 Å². The van der Waals surface area contributed by atoms with Gasteiger partial charge in [0, 0.05) is 13.2 Å². The van der Waals surface area contributed by atoms with Crippen LogP contribution in [0.5, 0.6) is 0 Å². The molecule has 0 aromatic carbocycles. The summed E-state index contributed by atoms with van der Waals surface area (Å²) in [6.45, 7) is 2.08. The fraction of sp³-hybridized carbons (Fsp3) is 0.300. The van der Waals surface area contributed by atoms with Crippen LogP contribution in [-0.4, -0.2) is 9.78 Å². The standard InChI is InChI=1S/C10H14N4S/c1-7-5-15-6-8(7)10(12-11)9-3-4-14(2)13-9/h3-6,10,12H,11H2,1-2H3. The van der Waals surface area contributed by atoms with Gasteiger partial charge in [0.15, 0.2) is 0 Å². The molecule has 80 valence electrons. The number of aromatic nitrogens is 2. The maximum atomic E-state index is 5.58. The van der Waals surface area contributed by atoms with Gasteiger partial charge >= 0.3 is 0 Å². The summed E-state index contributed by atoms with van der Waals surface area (Å²) in [5.74, 6) is 5.58. The lowest BCUT2D eigenvalue weighted by Crippen LogP contribution is -2.29. The normalized spacial score (nSPS) is 13.0. The first-order valence-electron chi connectivity index (χ1n) is 4.70. The van der Waals surface area contributed by atoms with Gasteiger partial charge in [-0.1, -0.05) is 0 Å². The Hall–Kier alpha value is -1.17. The van der Waals surface area contributed by atoms with Gasteiger partial charge in [0.1, 0.15) is 0 Å². The second kappa shape index (κ2) is 4.14. The average molecular weight is 222 g/mol. The summed E-state index contributed by atoms with van der Waals surface area (Å²) in [6.07, 6.45) is 1.92. The van der Waals surface area contributed by atoms with Crippen molar-refractivity contribution in [1.82, 2.24) is 15.2 Å². The highest BCUT2D eigenvalue weighted by atomic mass is 32.1. The molecule has 4 nitrogen and oxygen atoms in total. The zero-order valence-electron chi connectivity index (χ0n) is 8.77. The monoisotopic (exact) mass is 222 g/mol. The van der Waals surface area contributed by atoms with Crippen molar-refractivity contribution in [3.05, 3.63) is 39.8 Å². The number of rotatable bonds is 3. The molecule has 1 unspecified atom stereocenters. The van der Waals surface area contributed by atoms with E-state index in [2.05, 4.69) is 28.2 Å². The third-order valence-corrected chi connectivity index (χ3v) is 3.28. The van der Waals surface area contributed by atoms with Crippen LogP contribution in [0.2, 0.25) is 0 Å². The first-order chi connectivity index (χ1) is 7.22. The maximum Gasteiger partial charge on any atom is 0.0910 e. The minimum Gasteiger partial charge on any atom is -0.275 e. The molecule has 15 heavy (non-hydrogen) atoms. The molecule has 0 saturated carbocycles. The van der Waals surface area contributed by atoms with Crippen LogP contribution in [0.15, 0.2) is 23.0 Å². The summed E-state index contributed by atoms with van der Waals surface area (Å²) < 4.78 is 1.78. The van der Waals surface area contributed by atoms with Gasteiger partial charge in [0.2, 0.25) is 0 Å². The quantitative estimate of drug-likeness (QED) is 0.608. The van der Waals surface area contributed by atoms with E-state index in [0.717, 1.165) is 5.69 Å². The number of thiophene rings is 1. The molecule has 2 aromatic heterocycles. The first kappa shape index (κ1) is 10.4. The highest BCUT2D eigenvalue weighted by Gasteiger charge is 2.17. The van der Waals surface area contributed by atoms with Crippen molar-refractivity contribution in [1.29, 1.82) is 0 Å². The lowest BCUT2D eigenvalue weighted by molar-refractivity contribution is 0.603. The van der Waals surface area contributed by atoms with E-state index in [0.29, 0.717) is 0 Å². The number of nitrogens with one attached hydrogen (secondary N) is 1. The molecule has 0 aliphatic rings. The number of hydrogen-bond donors (Lipinski definition) is 2. The molecule has 0 spiro atoms. The third kappa shape index (κ3) is 1.94. The fourth-order valence-corrected chi connectivity index (χ4v) is 2.46. The van der Waals surface area contributed by atoms with Gasteiger partial charge in [-0.05, 0) is 34.9 Å².